The molecule has 3 rings (SSSR count). The standard InChI is InChI=1S/C17H31N5O3.2ClH/c1-19(2)14-3-6-20(12-14)9-10-22-13-17(25-16(22)24)4-7-21(8-5-17)15(23)11-18;;/h14H,3-13,18H2,1-2H3;2*1H. The quantitative estimate of drug-likeness (QED) is 0.678. The van der Waals surface area contributed by atoms with Crippen molar-refractivity contribution in [3.05, 3.63) is 0 Å². The summed E-state index contributed by atoms with van der Waals surface area (Å²) in [5.41, 5.74) is 5.01. The highest BCUT2D eigenvalue weighted by molar-refractivity contribution is 5.85. The minimum atomic E-state index is -0.417. The van der Waals surface area contributed by atoms with Crippen molar-refractivity contribution in [2.24, 2.45) is 5.73 Å². The van der Waals surface area contributed by atoms with E-state index in [4.69, 9.17) is 10.5 Å². The van der Waals surface area contributed by atoms with E-state index in [0.717, 1.165) is 19.6 Å². The van der Waals surface area contributed by atoms with Crippen LogP contribution in [0.15, 0.2) is 0 Å². The van der Waals surface area contributed by atoms with Gasteiger partial charge in [-0.1, -0.05) is 0 Å². The Morgan fingerprint density at radius 1 is 1.22 bits per heavy atom. The molecule has 158 valence electrons. The topological polar surface area (TPSA) is 82.3 Å². The number of likely N-dealkylation sites (N-methyl/N-ethyl adjacent to an activating group) is 1. The van der Waals surface area contributed by atoms with Crippen LogP contribution in [0, 0.1) is 0 Å². The van der Waals surface area contributed by atoms with Crippen molar-refractivity contribution >= 4 is 36.8 Å². The van der Waals surface area contributed by atoms with Gasteiger partial charge >= 0.3 is 6.09 Å². The molecule has 10 heteroatoms. The summed E-state index contributed by atoms with van der Waals surface area (Å²) < 4.78 is 5.73. The second-order valence-electron chi connectivity index (χ2n) is 7.76. The highest BCUT2D eigenvalue weighted by Gasteiger charge is 2.47. The van der Waals surface area contributed by atoms with Gasteiger partial charge in [-0.2, -0.15) is 0 Å². The summed E-state index contributed by atoms with van der Waals surface area (Å²) in [6, 6.07) is 0.612. The van der Waals surface area contributed by atoms with Crippen LogP contribution in [0.3, 0.4) is 0 Å². The summed E-state index contributed by atoms with van der Waals surface area (Å²) in [6.45, 7) is 5.69. The predicted octanol–water partition coefficient (Wildman–Crippen LogP) is 0.238. The van der Waals surface area contributed by atoms with E-state index in [0.29, 0.717) is 45.1 Å². The Hall–Kier alpha value is -0.800. The van der Waals surface area contributed by atoms with E-state index in [2.05, 4.69) is 23.9 Å². The number of ether oxygens (including phenoxy) is 1. The molecule has 0 aromatic heterocycles. The number of hydrogen-bond acceptors (Lipinski definition) is 6. The van der Waals surface area contributed by atoms with Crippen LogP contribution in [0.1, 0.15) is 19.3 Å². The highest BCUT2D eigenvalue weighted by atomic mass is 35.5. The van der Waals surface area contributed by atoms with Gasteiger partial charge in [0.1, 0.15) is 5.60 Å². The van der Waals surface area contributed by atoms with Gasteiger partial charge in [0.2, 0.25) is 5.91 Å². The number of nitrogens with zero attached hydrogens (tertiary/aromatic N) is 4. The molecule has 2 amide bonds. The van der Waals surface area contributed by atoms with E-state index in [1.165, 1.54) is 6.42 Å². The van der Waals surface area contributed by atoms with Gasteiger partial charge in [-0.25, -0.2) is 4.79 Å². The first-order chi connectivity index (χ1) is 11.9. The number of likely N-dealkylation sites (tertiary alicyclic amines) is 2. The maximum absolute atomic E-state index is 12.3. The number of hydrogen-bond donors (Lipinski definition) is 1. The summed E-state index contributed by atoms with van der Waals surface area (Å²) in [7, 11) is 4.25. The zero-order chi connectivity index (χ0) is 18.0. The lowest BCUT2D eigenvalue weighted by Gasteiger charge is -2.37. The fraction of sp³-hybridized carbons (Fsp3) is 0.882. The molecule has 3 heterocycles. The van der Waals surface area contributed by atoms with Crippen molar-refractivity contribution in [2.45, 2.75) is 30.9 Å². The van der Waals surface area contributed by atoms with Crippen LogP contribution in [0.4, 0.5) is 4.79 Å². The van der Waals surface area contributed by atoms with Gasteiger partial charge in [-0.3, -0.25) is 9.69 Å². The first-order valence-electron chi connectivity index (χ1n) is 9.27. The maximum Gasteiger partial charge on any atom is 0.410 e. The summed E-state index contributed by atoms with van der Waals surface area (Å²) in [6.07, 6.45) is 2.38. The number of halogens is 2. The van der Waals surface area contributed by atoms with E-state index >= 15 is 0 Å². The number of piperidine rings is 1. The zero-order valence-electron chi connectivity index (χ0n) is 16.3. The van der Waals surface area contributed by atoms with Crippen LogP contribution in [-0.4, -0.2) is 110 Å². The molecule has 1 spiro atoms. The maximum atomic E-state index is 12.3. The second kappa shape index (κ2) is 10.1. The van der Waals surface area contributed by atoms with E-state index in [9.17, 15) is 9.59 Å². The molecule has 1 atom stereocenters. The van der Waals surface area contributed by atoms with E-state index in [1.807, 2.05) is 4.90 Å². The number of rotatable bonds is 5. The van der Waals surface area contributed by atoms with Crippen LogP contribution >= 0.6 is 24.8 Å². The molecule has 27 heavy (non-hydrogen) atoms. The third-order valence-electron chi connectivity index (χ3n) is 5.91. The number of nitrogens with two attached hydrogens (primary N) is 1. The van der Waals surface area contributed by atoms with Crippen LogP contribution in [-0.2, 0) is 9.53 Å². The third kappa shape index (κ3) is 5.60. The lowest BCUT2D eigenvalue weighted by atomic mass is 9.91. The van der Waals surface area contributed by atoms with Crippen LogP contribution in [0.25, 0.3) is 0 Å². The van der Waals surface area contributed by atoms with Crippen molar-refractivity contribution in [3.63, 3.8) is 0 Å². The fourth-order valence-corrected chi connectivity index (χ4v) is 4.12. The Morgan fingerprint density at radius 2 is 1.89 bits per heavy atom. The first-order valence-corrected chi connectivity index (χ1v) is 9.27. The summed E-state index contributed by atoms with van der Waals surface area (Å²) in [5.74, 6) is -0.0273. The Labute approximate surface area is 174 Å². The Balaban J connectivity index is 0.00000182. The molecule has 0 aromatic carbocycles. The van der Waals surface area contributed by atoms with Crippen molar-refractivity contribution < 1.29 is 14.3 Å². The average Bonchev–Trinajstić information content (AvgIpc) is 3.18. The normalized spacial score (nSPS) is 24.7. The molecule has 2 N–H and O–H groups in total. The smallest absolute Gasteiger partial charge is 0.410 e. The molecule has 0 aliphatic carbocycles. The van der Waals surface area contributed by atoms with Crippen molar-refractivity contribution in [3.8, 4) is 0 Å². The summed E-state index contributed by atoms with van der Waals surface area (Å²) in [4.78, 5) is 32.3. The van der Waals surface area contributed by atoms with Crippen LogP contribution < -0.4 is 5.73 Å². The van der Waals surface area contributed by atoms with Gasteiger partial charge in [-0.05, 0) is 27.1 Å². The Kier molecular flexibility index (Phi) is 9.08. The van der Waals surface area contributed by atoms with Gasteiger partial charge < -0.3 is 25.2 Å². The van der Waals surface area contributed by atoms with E-state index < -0.39 is 5.60 Å². The molecule has 0 radical (unpaired) electrons. The first kappa shape index (κ1) is 24.2. The Bertz CT molecular complexity index is 515. The highest BCUT2D eigenvalue weighted by Crippen LogP contribution is 2.33. The van der Waals surface area contributed by atoms with E-state index in [-0.39, 0.29) is 43.4 Å². The van der Waals surface area contributed by atoms with Crippen LogP contribution in [0.2, 0.25) is 0 Å². The van der Waals surface area contributed by atoms with Gasteiger partial charge in [0, 0.05) is 51.6 Å². The van der Waals surface area contributed by atoms with Gasteiger partial charge in [0.05, 0.1) is 13.1 Å². The Morgan fingerprint density at radius 3 is 2.44 bits per heavy atom. The minimum Gasteiger partial charge on any atom is -0.441 e. The number of amides is 2. The number of carbonyl (C=O) groups is 2. The van der Waals surface area contributed by atoms with E-state index in [1.54, 1.807) is 4.90 Å². The molecule has 0 bridgehead atoms. The van der Waals surface area contributed by atoms with Gasteiger partial charge in [0.15, 0.2) is 0 Å². The molecule has 0 saturated carbocycles. The average molecular weight is 426 g/mol. The predicted molar refractivity (Wildman–Crippen MR) is 109 cm³/mol. The molecule has 0 aromatic rings. The molecule has 1 unspecified atom stereocenters. The monoisotopic (exact) mass is 425 g/mol. The fourth-order valence-electron chi connectivity index (χ4n) is 4.12. The van der Waals surface area contributed by atoms with Crippen molar-refractivity contribution in [1.82, 2.24) is 19.6 Å². The molecule has 3 aliphatic heterocycles. The second-order valence-corrected chi connectivity index (χ2v) is 7.76. The third-order valence-corrected chi connectivity index (χ3v) is 5.91. The largest absolute Gasteiger partial charge is 0.441 e. The van der Waals surface area contributed by atoms with Crippen LogP contribution in [0.5, 0.6) is 0 Å². The lowest BCUT2D eigenvalue weighted by Crippen LogP contribution is -2.50. The molecule has 3 fully saturated rings. The number of carbonyl (C=O) groups excluding carboxylic acids is 2. The lowest BCUT2D eigenvalue weighted by molar-refractivity contribution is -0.133. The molecule has 3 aliphatic rings. The molecule has 8 nitrogen and oxygen atoms in total. The zero-order valence-corrected chi connectivity index (χ0v) is 17.9. The van der Waals surface area contributed by atoms with Gasteiger partial charge in [0.25, 0.3) is 0 Å². The van der Waals surface area contributed by atoms with Crippen molar-refractivity contribution in [1.29, 1.82) is 0 Å². The van der Waals surface area contributed by atoms with Gasteiger partial charge in [-0.15, -0.1) is 24.8 Å². The molecular formula is C17H33Cl2N5O3. The summed E-state index contributed by atoms with van der Waals surface area (Å²) in [5, 5.41) is 0. The molecule has 3 saturated heterocycles. The summed E-state index contributed by atoms with van der Waals surface area (Å²) >= 11 is 0. The minimum absolute atomic E-state index is 0. The van der Waals surface area contributed by atoms with Crippen molar-refractivity contribution in [2.75, 3.05) is 66.5 Å². The SMILES string of the molecule is CN(C)C1CCN(CCN2CC3(CCN(C(=O)CN)CC3)OC2=O)C1.Cl.Cl. The molecular weight excluding hydrogens is 393 g/mol.